The second-order valence-electron chi connectivity index (χ2n) is 5.65. The predicted octanol–water partition coefficient (Wildman–Crippen LogP) is 1.38. The lowest BCUT2D eigenvalue weighted by molar-refractivity contribution is 0.0984. The highest BCUT2D eigenvalue weighted by atomic mass is 16.5. The molecule has 1 aliphatic carbocycles. The number of ether oxygens (including phenoxy) is 1. The first kappa shape index (κ1) is 13.8. The zero-order valence-electron chi connectivity index (χ0n) is 11.4. The topological polar surface area (TPSA) is 48.3 Å². The molecule has 1 saturated heterocycles. The number of likely N-dealkylation sites (tertiary alicyclic amines) is 1. The molecule has 1 heterocycles. The van der Waals surface area contributed by atoms with Crippen LogP contribution >= 0.6 is 0 Å². The highest BCUT2D eigenvalue weighted by Crippen LogP contribution is 2.20. The third-order valence-corrected chi connectivity index (χ3v) is 4.01. The minimum Gasteiger partial charge on any atom is -0.384 e. The molecule has 0 aromatic heterocycles. The molecule has 4 nitrogen and oxygen atoms in total. The lowest BCUT2D eigenvalue weighted by Gasteiger charge is -2.32. The molecule has 1 saturated carbocycles. The summed E-state index contributed by atoms with van der Waals surface area (Å²) < 4.78 is 5.21. The van der Waals surface area contributed by atoms with Crippen LogP contribution in [0.4, 0.5) is 0 Å². The van der Waals surface area contributed by atoms with Gasteiger partial charge in [-0.25, -0.2) is 0 Å². The number of nitriles is 1. The van der Waals surface area contributed by atoms with Crippen LogP contribution in [0.5, 0.6) is 0 Å². The minimum atomic E-state index is 0.0502. The Balaban J connectivity index is 1.60. The van der Waals surface area contributed by atoms with Crippen LogP contribution in [0.2, 0.25) is 0 Å². The molecule has 1 unspecified atom stereocenters. The fourth-order valence-corrected chi connectivity index (χ4v) is 2.64. The van der Waals surface area contributed by atoms with Crippen LogP contribution < -0.4 is 5.32 Å². The van der Waals surface area contributed by atoms with Gasteiger partial charge in [-0.2, -0.15) is 5.26 Å². The van der Waals surface area contributed by atoms with Crippen LogP contribution in [0, 0.1) is 17.2 Å². The van der Waals surface area contributed by atoms with Crippen molar-refractivity contribution in [2.45, 2.75) is 44.2 Å². The summed E-state index contributed by atoms with van der Waals surface area (Å²) in [5, 5.41) is 12.5. The van der Waals surface area contributed by atoms with E-state index in [-0.39, 0.29) is 6.04 Å². The van der Waals surface area contributed by atoms with Gasteiger partial charge in [0.1, 0.15) is 0 Å². The van der Waals surface area contributed by atoms with Crippen LogP contribution in [-0.2, 0) is 4.74 Å². The van der Waals surface area contributed by atoms with Gasteiger partial charge in [0, 0.05) is 26.3 Å². The van der Waals surface area contributed by atoms with Crippen LogP contribution in [0.1, 0.15) is 32.1 Å². The fraction of sp³-hybridized carbons (Fsp3) is 0.929. The summed E-state index contributed by atoms with van der Waals surface area (Å²) in [7, 11) is 1.79. The SMILES string of the molecule is COCC1CCN(CCC(C#N)NC2CC2)CC1. The molecule has 18 heavy (non-hydrogen) atoms. The van der Waals surface area contributed by atoms with Crippen molar-refractivity contribution in [3.8, 4) is 6.07 Å². The second-order valence-corrected chi connectivity index (χ2v) is 5.65. The maximum absolute atomic E-state index is 9.10. The average Bonchev–Trinajstić information content (AvgIpc) is 3.20. The number of hydrogen-bond acceptors (Lipinski definition) is 4. The molecule has 0 spiro atoms. The van der Waals surface area contributed by atoms with Crippen molar-refractivity contribution in [2.24, 2.45) is 5.92 Å². The Morgan fingerprint density at radius 2 is 2.06 bits per heavy atom. The number of nitrogens with one attached hydrogen (secondary N) is 1. The van der Waals surface area contributed by atoms with Gasteiger partial charge in [0.2, 0.25) is 0 Å². The van der Waals surface area contributed by atoms with Gasteiger partial charge in [0.25, 0.3) is 0 Å². The summed E-state index contributed by atoms with van der Waals surface area (Å²) in [6.45, 7) is 4.28. The van der Waals surface area contributed by atoms with Gasteiger partial charge in [-0.1, -0.05) is 0 Å². The van der Waals surface area contributed by atoms with Crippen molar-refractivity contribution in [3.05, 3.63) is 0 Å². The molecule has 0 amide bonds. The third kappa shape index (κ3) is 4.56. The zero-order chi connectivity index (χ0) is 12.8. The van der Waals surface area contributed by atoms with E-state index in [4.69, 9.17) is 10.00 Å². The van der Waals surface area contributed by atoms with Gasteiger partial charge < -0.3 is 9.64 Å². The summed E-state index contributed by atoms with van der Waals surface area (Å²) in [5.74, 6) is 0.739. The predicted molar refractivity (Wildman–Crippen MR) is 71.2 cm³/mol. The first-order valence-corrected chi connectivity index (χ1v) is 7.18. The van der Waals surface area contributed by atoms with E-state index >= 15 is 0 Å². The molecule has 2 fully saturated rings. The standard InChI is InChI=1S/C14H25N3O/c1-18-11-12-4-7-17(8-5-12)9-6-14(10-15)16-13-2-3-13/h12-14,16H,2-9,11H2,1H3. The van der Waals surface area contributed by atoms with Crippen LogP contribution in [-0.4, -0.2) is 50.3 Å². The van der Waals surface area contributed by atoms with Crippen LogP contribution in [0.15, 0.2) is 0 Å². The van der Waals surface area contributed by atoms with Crippen molar-refractivity contribution in [2.75, 3.05) is 33.4 Å². The largest absolute Gasteiger partial charge is 0.384 e. The van der Waals surface area contributed by atoms with Gasteiger partial charge in [-0.15, -0.1) is 0 Å². The summed E-state index contributed by atoms with van der Waals surface area (Å²) in [6.07, 6.45) is 5.94. The van der Waals surface area contributed by atoms with E-state index in [2.05, 4.69) is 16.3 Å². The minimum absolute atomic E-state index is 0.0502. The Labute approximate surface area is 110 Å². The fourth-order valence-electron chi connectivity index (χ4n) is 2.64. The molecule has 1 aliphatic heterocycles. The molecule has 0 aromatic carbocycles. The van der Waals surface area contributed by atoms with Gasteiger partial charge in [-0.05, 0) is 51.1 Å². The zero-order valence-corrected chi connectivity index (χ0v) is 11.4. The van der Waals surface area contributed by atoms with E-state index in [1.54, 1.807) is 7.11 Å². The monoisotopic (exact) mass is 251 g/mol. The Bertz CT molecular complexity index is 277. The van der Waals surface area contributed by atoms with Gasteiger partial charge in [0.05, 0.1) is 12.1 Å². The van der Waals surface area contributed by atoms with Gasteiger partial charge >= 0.3 is 0 Å². The molecule has 2 rings (SSSR count). The molecule has 102 valence electrons. The van der Waals surface area contributed by atoms with E-state index in [9.17, 15) is 0 Å². The Hall–Kier alpha value is -0.630. The number of nitrogens with zero attached hydrogens (tertiary/aromatic N) is 2. The Morgan fingerprint density at radius 1 is 1.33 bits per heavy atom. The Kier molecular flexibility index (Phi) is 5.43. The second kappa shape index (κ2) is 7.08. The van der Waals surface area contributed by atoms with E-state index in [1.807, 2.05) is 0 Å². The Morgan fingerprint density at radius 3 is 2.61 bits per heavy atom. The van der Waals surface area contributed by atoms with Crippen molar-refractivity contribution in [1.82, 2.24) is 10.2 Å². The third-order valence-electron chi connectivity index (χ3n) is 4.01. The maximum Gasteiger partial charge on any atom is 0.0967 e. The smallest absolute Gasteiger partial charge is 0.0967 e. The van der Waals surface area contributed by atoms with E-state index in [0.717, 1.165) is 38.6 Å². The lowest BCUT2D eigenvalue weighted by atomic mass is 9.97. The first-order chi connectivity index (χ1) is 8.81. The van der Waals surface area contributed by atoms with Crippen LogP contribution in [0.3, 0.4) is 0 Å². The van der Waals surface area contributed by atoms with E-state index in [0.29, 0.717) is 6.04 Å². The molecular formula is C14H25N3O. The van der Waals surface area contributed by atoms with E-state index < -0.39 is 0 Å². The highest BCUT2D eigenvalue weighted by Gasteiger charge is 2.25. The molecule has 2 aliphatic rings. The molecule has 4 heteroatoms. The summed E-state index contributed by atoms with van der Waals surface area (Å²) in [6, 6.07) is 3.06. The molecule has 0 aromatic rings. The summed E-state index contributed by atoms with van der Waals surface area (Å²) >= 11 is 0. The molecule has 1 atom stereocenters. The quantitative estimate of drug-likeness (QED) is 0.742. The lowest BCUT2D eigenvalue weighted by Crippen LogP contribution is -2.39. The van der Waals surface area contributed by atoms with Crippen molar-refractivity contribution < 1.29 is 4.74 Å². The molecule has 0 bridgehead atoms. The number of methoxy groups -OCH3 is 1. The van der Waals surface area contributed by atoms with Gasteiger partial charge in [0.15, 0.2) is 0 Å². The van der Waals surface area contributed by atoms with Crippen LogP contribution in [0.25, 0.3) is 0 Å². The maximum atomic E-state index is 9.10. The van der Waals surface area contributed by atoms with Crippen molar-refractivity contribution in [3.63, 3.8) is 0 Å². The molecule has 1 N–H and O–H groups in total. The number of hydrogen-bond donors (Lipinski definition) is 1. The number of piperidine rings is 1. The van der Waals surface area contributed by atoms with E-state index in [1.165, 1.54) is 25.7 Å². The number of rotatable bonds is 7. The summed E-state index contributed by atoms with van der Waals surface area (Å²) in [4.78, 5) is 2.49. The summed E-state index contributed by atoms with van der Waals surface area (Å²) in [5.41, 5.74) is 0. The highest BCUT2D eigenvalue weighted by molar-refractivity contribution is 4.96. The molecular weight excluding hydrogens is 226 g/mol. The normalized spacial score (nSPS) is 23.8. The van der Waals surface area contributed by atoms with Crippen molar-refractivity contribution in [1.29, 1.82) is 5.26 Å². The van der Waals surface area contributed by atoms with Gasteiger partial charge in [-0.3, -0.25) is 5.32 Å². The first-order valence-electron chi connectivity index (χ1n) is 7.18. The van der Waals surface area contributed by atoms with Crippen molar-refractivity contribution >= 4 is 0 Å². The average molecular weight is 251 g/mol. The molecule has 0 radical (unpaired) electrons.